The number of thiophene rings is 1. The Bertz CT molecular complexity index is 993. The molecule has 0 atom stereocenters. The van der Waals surface area contributed by atoms with Crippen molar-refractivity contribution in [3.63, 3.8) is 0 Å². The summed E-state index contributed by atoms with van der Waals surface area (Å²) in [6, 6.07) is 5.83. The fourth-order valence-corrected chi connectivity index (χ4v) is 5.34. The van der Waals surface area contributed by atoms with E-state index in [1.165, 1.54) is 59.3 Å². The fourth-order valence-electron chi connectivity index (χ4n) is 3.22. The Morgan fingerprint density at radius 2 is 2.00 bits per heavy atom. The zero-order valence-corrected chi connectivity index (χ0v) is 16.4. The maximum Gasteiger partial charge on any atom is 0.387 e. The summed E-state index contributed by atoms with van der Waals surface area (Å²) in [5.74, 6) is 0.0582. The van der Waals surface area contributed by atoms with E-state index < -0.39 is 6.61 Å². The van der Waals surface area contributed by atoms with Crippen molar-refractivity contribution < 1.29 is 18.3 Å². The lowest BCUT2D eigenvalue weighted by atomic mass is 9.97. The molecule has 0 saturated heterocycles. The Balaban J connectivity index is 1.42. The van der Waals surface area contributed by atoms with Gasteiger partial charge in [0.05, 0.1) is 5.75 Å². The number of hydrogen-bond acceptors (Lipinski definition) is 6. The topological polar surface area (TPSA) is 64.1 Å². The maximum atomic E-state index is 12.3. The second-order valence-corrected chi connectivity index (χ2v) is 8.36. The SMILES string of the molecule is O=C(CSc1ncnc2sc3c(c12)CCCC3)Nc1ccc(OC(F)F)cc1. The summed E-state index contributed by atoms with van der Waals surface area (Å²) in [4.78, 5) is 23.5. The van der Waals surface area contributed by atoms with E-state index in [9.17, 15) is 13.6 Å². The van der Waals surface area contributed by atoms with Gasteiger partial charge in [-0.25, -0.2) is 9.97 Å². The molecule has 1 amide bonds. The van der Waals surface area contributed by atoms with Crippen LogP contribution in [0.3, 0.4) is 0 Å². The number of amides is 1. The molecule has 0 aliphatic heterocycles. The normalized spacial score (nSPS) is 13.5. The van der Waals surface area contributed by atoms with Gasteiger partial charge in [0, 0.05) is 16.0 Å². The number of nitrogens with zero attached hydrogens (tertiary/aromatic N) is 2. The highest BCUT2D eigenvalue weighted by atomic mass is 32.2. The van der Waals surface area contributed by atoms with Crippen LogP contribution in [0.25, 0.3) is 10.2 Å². The van der Waals surface area contributed by atoms with Crippen LogP contribution in [0.1, 0.15) is 23.3 Å². The first kappa shape index (κ1) is 19.1. The predicted molar refractivity (Wildman–Crippen MR) is 106 cm³/mol. The number of benzene rings is 1. The van der Waals surface area contributed by atoms with Gasteiger partial charge in [0.25, 0.3) is 0 Å². The number of aromatic nitrogens is 2. The molecule has 0 fully saturated rings. The number of carbonyl (C=O) groups is 1. The average Bonchev–Trinajstić information content (AvgIpc) is 3.07. The van der Waals surface area contributed by atoms with Gasteiger partial charge in [0.15, 0.2) is 0 Å². The predicted octanol–water partition coefficient (Wildman–Crippen LogP) is 4.90. The lowest BCUT2D eigenvalue weighted by Gasteiger charge is -2.11. The molecule has 2 aromatic heterocycles. The number of aryl methyl sites for hydroxylation is 2. The van der Waals surface area contributed by atoms with E-state index in [0.29, 0.717) is 5.69 Å². The molecular formula is C19H17F2N3O2S2. The Kier molecular flexibility index (Phi) is 5.72. The minimum atomic E-state index is -2.87. The van der Waals surface area contributed by atoms with Gasteiger partial charge in [-0.15, -0.1) is 11.3 Å². The van der Waals surface area contributed by atoms with Crippen molar-refractivity contribution in [3.8, 4) is 5.75 Å². The Hall–Kier alpha value is -2.26. The van der Waals surface area contributed by atoms with Crippen molar-refractivity contribution >= 4 is 44.9 Å². The molecule has 0 bridgehead atoms. The fraction of sp³-hybridized carbons (Fsp3) is 0.316. The summed E-state index contributed by atoms with van der Waals surface area (Å²) in [7, 11) is 0. The number of fused-ring (bicyclic) bond motifs is 3. The molecule has 1 aliphatic carbocycles. The van der Waals surface area contributed by atoms with Gasteiger partial charge in [0.1, 0.15) is 21.9 Å². The lowest BCUT2D eigenvalue weighted by molar-refractivity contribution is -0.113. The number of ether oxygens (including phenoxy) is 1. The first-order valence-electron chi connectivity index (χ1n) is 8.83. The molecular weight excluding hydrogens is 404 g/mol. The van der Waals surface area contributed by atoms with E-state index in [-0.39, 0.29) is 17.4 Å². The number of carbonyl (C=O) groups excluding carboxylic acids is 1. The molecule has 0 saturated carbocycles. The molecule has 1 N–H and O–H groups in total. The number of halogens is 2. The van der Waals surface area contributed by atoms with E-state index in [1.807, 2.05) is 0 Å². The number of anilines is 1. The van der Waals surface area contributed by atoms with Gasteiger partial charge < -0.3 is 10.1 Å². The van der Waals surface area contributed by atoms with Gasteiger partial charge >= 0.3 is 6.61 Å². The largest absolute Gasteiger partial charge is 0.435 e. The van der Waals surface area contributed by atoms with Gasteiger partial charge in [-0.05, 0) is 55.5 Å². The van der Waals surface area contributed by atoms with E-state index in [2.05, 4.69) is 20.0 Å². The van der Waals surface area contributed by atoms with Crippen LogP contribution >= 0.6 is 23.1 Å². The molecule has 0 unspecified atom stereocenters. The Morgan fingerprint density at radius 3 is 2.79 bits per heavy atom. The van der Waals surface area contributed by atoms with Crippen LogP contribution in [0, 0.1) is 0 Å². The monoisotopic (exact) mass is 421 g/mol. The summed E-state index contributed by atoms with van der Waals surface area (Å²) in [5, 5.41) is 4.68. The number of alkyl halides is 2. The zero-order chi connectivity index (χ0) is 19.5. The molecule has 0 spiro atoms. The summed E-state index contributed by atoms with van der Waals surface area (Å²) in [5.41, 5.74) is 1.86. The Morgan fingerprint density at radius 1 is 1.21 bits per heavy atom. The molecule has 5 nitrogen and oxygen atoms in total. The van der Waals surface area contributed by atoms with Crippen LogP contribution in [0.5, 0.6) is 5.75 Å². The summed E-state index contributed by atoms with van der Waals surface area (Å²) in [6.45, 7) is -2.87. The van der Waals surface area contributed by atoms with Crippen LogP contribution in [-0.2, 0) is 17.6 Å². The molecule has 4 rings (SSSR count). The molecule has 3 aromatic rings. The Labute approximate surface area is 168 Å². The van der Waals surface area contributed by atoms with Crippen molar-refractivity contribution in [2.75, 3.05) is 11.1 Å². The van der Waals surface area contributed by atoms with Gasteiger partial charge in [-0.1, -0.05) is 11.8 Å². The highest BCUT2D eigenvalue weighted by Gasteiger charge is 2.20. The van der Waals surface area contributed by atoms with Crippen molar-refractivity contribution in [1.82, 2.24) is 9.97 Å². The molecule has 9 heteroatoms. The standard InChI is InChI=1S/C19H17F2N3O2S2/c20-19(21)26-12-7-5-11(6-8-12)24-15(25)9-27-17-16-13-3-1-2-4-14(13)28-18(16)23-10-22-17/h5-8,10,19H,1-4,9H2,(H,24,25). The third-order valence-corrected chi connectivity index (χ3v) is 6.61. The highest BCUT2D eigenvalue weighted by molar-refractivity contribution is 8.00. The number of rotatable bonds is 6. The summed E-state index contributed by atoms with van der Waals surface area (Å²) in [6.07, 6.45) is 6.05. The van der Waals surface area contributed by atoms with Crippen molar-refractivity contribution in [1.29, 1.82) is 0 Å². The second-order valence-electron chi connectivity index (χ2n) is 6.31. The van der Waals surface area contributed by atoms with Crippen LogP contribution in [0.4, 0.5) is 14.5 Å². The number of nitrogens with one attached hydrogen (secondary N) is 1. The van der Waals surface area contributed by atoms with E-state index in [4.69, 9.17) is 0 Å². The van der Waals surface area contributed by atoms with Crippen molar-refractivity contribution in [3.05, 3.63) is 41.0 Å². The van der Waals surface area contributed by atoms with Crippen molar-refractivity contribution in [2.24, 2.45) is 0 Å². The molecule has 1 aromatic carbocycles. The molecule has 0 radical (unpaired) electrons. The maximum absolute atomic E-state index is 12.3. The molecule has 1 aliphatic rings. The third-order valence-electron chi connectivity index (χ3n) is 4.42. The minimum Gasteiger partial charge on any atom is -0.435 e. The zero-order valence-electron chi connectivity index (χ0n) is 14.8. The third kappa shape index (κ3) is 4.25. The first-order chi connectivity index (χ1) is 13.6. The molecule has 28 heavy (non-hydrogen) atoms. The van der Waals surface area contributed by atoms with Gasteiger partial charge in [0.2, 0.25) is 5.91 Å². The smallest absolute Gasteiger partial charge is 0.387 e. The van der Waals surface area contributed by atoms with Crippen LogP contribution < -0.4 is 10.1 Å². The quantitative estimate of drug-likeness (QED) is 0.453. The average molecular weight is 421 g/mol. The first-order valence-corrected chi connectivity index (χ1v) is 10.6. The van der Waals surface area contributed by atoms with Gasteiger partial charge in [-0.2, -0.15) is 8.78 Å². The lowest BCUT2D eigenvalue weighted by Crippen LogP contribution is -2.14. The van der Waals surface area contributed by atoms with Crippen LogP contribution in [-0.4, -0.2) is 28.2 Å². The summed E-state index contributed by atoms with van der Waals surface area (Å²) >= 11 is 3.11. The van der Waals surface area contributed by atoms with Gasteiger partial charge in [-0.3, -0.25) is 4.79 Å². The number of thioether (sulfide) groups is 1. The molecule has 146 valence electrons. The van der Waals surface area contributed by atoms with E-state index in [1.54, 1.807) is 17.7 Å². The van der Waals surface area contributed by atoms with Crippen LogP contribution in [0.15, 0.2) is 35.6 Å². The van der Waals surface area contributed by atoms with E-state index >= 15 is 0 Å². The van der Waals surface area contributed by atoms with Crippen LogP contribution in [0.2, 0.25) is 0 Å². The second kappa shape index (κ2) is 8.40. The minimum absolute atomic E-state index is 0.0491. The molecule has 2 heterocycles. The van der Waals surface area contributed by atoms with E-state index in [0.717, 1.165) is 28.1 Å². The summed E-state index contributed by atoms with van der Waals surface area (Å²) < 4.78 is 28.7. The highest BCUT2D eigenvalue weighted by Crippen LogP contribution is 2.39. The number of hydrogen-bond donors (Lipinski definition) is 1. The van der Waals surface area contributed by atoms with Crippen molar-refractivity contribution in [2.45, 2.75) is 37.3 Å².